The molecule has 5 heteroatoms. The number of anilines is 1. The largest absolute Gasteiger partial charge is 0.399 e. The van der Waals surface area contributed by atoms with Gasteiger partial charge >= 0.3 is 0 Å². The Hall–Kier alpha value is -1.19. The van der Waals surface area contributed by atoms with Gasteiger partial charge in [0.15, 0.2) is 0 Å². The molecule has 0 spiro atoms. The van der Waals surface area contributed by atoms with Crippen LogP contribution >= 0.6 is 24.8 Å². The molecule has 0 saturated carbocycles. The molecular weight excluding hydrogens is 221 g/mol. The number of hydrogen-bond acceptors (Lipinski definition) is 2. The number of aromatic nitrogens is 2. The van der Waals surface area contributed by atoms with Crippen molar-refractivity contribution >= 4 is 30.5 Å². The highest BCUT2D eigenvalue weighted by molar-refractivity contribution is 5.85. The van der Waals surface area contributed by atoms with Gasteiger partial charge in [0.1, 0.15) is 5.82 Å². The van der Waals surface area contributed by atoms with Crippen LogP contribution in [0.2, 0.25) is 0 Å². The van der Waals surface area contributed by atoms with Gasteiger partial charge in [0.25, 0.3) is 0 Å². The molecule has 0 aliphatic rings. The first-order valence-electron chi connectivity index (χ1n) is 3.71. The second-order valence-electron chi connectivity index (χ2n) is 2.56. The minimum absolute atomic E-state index is 0. The zero-order valence-electron chi connectivity index (χ0n) is 7.31. The fraction of sp³-hybridized carbons (Fsp3) is 0. The first-order valence-corrected chi connectivity index (χ1v) is 3.71. The predicted octanol–water partition coefficient (Wildman–Crippen LogP) is 2.50. The summed E-state index contributed by atoms with van der Waals surface area (Å²) >= 11 is 0. The van der Waals surface area contributed by atoms with E-state index < -0.39 is 0 Å². The van der Waals surface area contributed by atoms with Gasteiger partial charge in [0.05, 0.1) is 0 Å². The van der Waals surface area contributed by atoms with E-state index in [2.05, 4.69) is 9.97 Å². The monoisotopic (exact) mass is 231 g/mol. The number of rotatable bonds is 1. The molecule has 1 aromatic carbocycles. The van der Waals surface area contributed by atoms with E-state index in [0.717, 1.165) is 17.1 Å². The highest BCUT2D eigenvalue weighted by atomic mass is 35.5. The summed E-state index contributed by atoms with van der Waals surface area (Å²) in [7, 11) is 0. The lowest BCUT2D eigenvalue weighted by molar-refractivity contribution is 1.31. The average molecular weight is 232 g/mol. The summed E-state index contributed by atoms with van der Waals surface area (Å²) in [4.78, 5) is 7.14. The molecule has 2 rings (SSSR count). The molecule has 0 radical (unpaired) electrons. The van der Waals surface area contributed by atoms with Gasteiger partial charge < -0.3 is 10.7 Å². The van der Waals surface area contributed by atoms with Crippen LogP contribution in [0, 0.1) is 0 Å². The summed E-state index contributed by atoms with van der Waals surface area (Å²) in [5, 5.41) is 0. The number of nitrogens with zero attached hydrogens (tertiary/aromatic N) is 1. The highest BCUT2D eigenvalue weighted by Gasteiger charge is 1.96. The average Bonchev–Trinajstić information content (AvgIpc) is 2.58. The summed E-state index contributed by atoms with van der Waals surface area (Å²) in [6.45, 7) is 0. The van der Waals surface area contributed by atoms with E-state index in [1.165, 1.54) is 0 Å². The lowest BCUT2D eigenvalue weighted by Gasteiger charge is -1.96. The molecule has 0 aliphatic carbocycles. The number of nitrogen functional groups attached to an aromatic ring is 1. The van der Waals surface area contributed by atoms with Crippen molar-refractivity contribution in [3.63, 3.8) is 0 Å². The number of H-pyrrole nitrogens is 1. The van der Waals surface area contributed by atoms with E-state index >= 15 is 0 Å². The quantitative estimate of drug-likeness (QED) is 0.742. The van der Waals surface area contributed by atoms with Crippen LogP contribution in [-0.2, 0) is 0 Å². The molecule has 76 valence electrons. The van der Waals surface area contributed by atoms with E-state index in [1.807, 2.05) is 24.3 Å². The third-order valence-corrected chi connectivity index (χ3v) is 1.68. The SMILES string of the molecule is Cl.Cl.Nc1ccc(-c2ncc[nH]2)cc1. The zero-order chi connectivity index (χ0) is 8.39. The summed E-state index contributed by atoms with van der Waals surface area (Å²) in [6.07, 6.45) is 3.53. The van der Waals surface area contributed by atoms with Crippen molar-refractivity contribution in [3.8, 4) is 11.4 Å². The van der Waals surface area contributed by atoms with Gasteiger partial charge in [-0.1, -0.05) is 0 Å². The minimum Gasteiger partial charge on any atom is -0.399 e. The maximum atomic E-state index is 5.55. The van der Waals surface area contributed by atoms with Crippen LogP contribution in [0.3, 0.4) is 0 Å². The van der Waals surface area contributed by atoms with E-state index in [0.29, 0.717) is 0 Å². The Balaban J connectivity index is 0.000000845. The van der Waals surface area contributed by atoms with Gasteiger partial charge in [0, 0.05) is 23.6 Å². The van der Waals surface area contributed by atoms with Crippen LogP contribution in [0.15, 0.2) is 36.7 Å². The van der Waals surface area contributed by atoms with Crippen LogP contribution in [0.1, 0.15) is 0 Å². The Morgan fingerprint density at radius 1 is 1.07 bits per heavy atom. The molecule has 1 heterocycles. The fourth-order valence-electron chi connectivity index (χ4n) is 1.06. The second kappa shape index (κ2) is 5.52. The number of aromatic amines is 1. The number of benzene rings is 1. The molecule has 0 saturated heterocycles. The first kappa shape index (κ1) is 12.8. The number of halogens is 2. The van der Waals surface area contributed by atoms with Gasteiger partial charge in [-0.25, -0.2) is 4.98 Å². The normalized spacial score (nSPS) is 8.57. The molecule has 0 atom stereocenters. The van der Waals surface area contributed by atoms with E-state index in [-0.39, 0.29) is 24.8 Å². The molecule has 1 aromatic heterocycles. The maximum Gasteiger partial charge on any atom is 0.137 e. The molecule has 2 aromatic rings. The molecule has 0 aliphatic heterocycles. The summed E-state index contributed by atoms with van der Waals surface area (Å²) < 4.78 is 0. The van der Waals surface area contributed by atoms with E-state index in [9.17, 15) is 0 Å². The van der Waals surface area contributed by atoms with Crippen molar-refractivity contribution < 1.29 is 0 Å². The van der Waals surface area contributed by atoms with Gasteiger partial charge in [-0.3, -0.25) is 0 Å². The van der Waals surface area contributed by atoms with Gasteiger partial charge in [-0.15, -0.1) is 24.8 Å². The zero-order valence-corrected chi connectivity index (χ0v) is 8.94. The number of nitrogens with two attached hydrogens (primary N) is 1. The lowest BCUT2D eigenvalue weighted by Crippen LogP contribution is -1.84. The molecule has 14 heavy (non-hydrogen) atoms. The summed E-state index contributed by atoms with van der Waals surface area (Å²) in [5.74, 6) is 0.870. The standard InChI is InChI=1S/C9H9N3.2ClH/c10-8-3-1-7(2-4-8)9-11-5-6-12-9;;/h1-6H,10H2,(H,11,12);2*1H. The van der Waals surface area contributed by atoms with Gasteiger partial charge in [0.2, 0.25) is 0 Å². The Kier molecular flexibility index (Phi) is 5.05. The van der Waals surface area contributed by atoms with Gasteiger partial charge in [-0.05, 0) is 24.3 Å². The topological polar surface area (TPSA) is 54.7 Å². The van der Waals surface area contributed by atoms with Crippen molar-refractivity contribution in [1.82, 2.24) is 9.97 Å². The Morgan fingerprint density at radius 3 is 2.21 bits per heavy atom. The molecule has 3 N–H and O–H groups in total. The highest BCUT2D eigenvalue weighted by Crippen LogP contribution is 2.15. The smallest absolute Gasteiger partial charge is 0.137 e. The first-order chi connectivity index (χ1) is 5.86. The maximum absolute atomic E-state index is 5.55. The molecular formula is C9H11Cl2N3. The lowest BCUT2D eigenvalue weighted by atomic mass is 10.2. The van der Waals surface area contributed by atoms with Crippen LogP contribution < -0.4 is 5.73 Å². The van der Waals surface area contributed by atoms with Crippen LogP contribution in [-0.4, -0.2) is 9.97 Å². The van der Waals surface area contributed by atoms with Crippen LogP contribution in [0.4, 0.5) is 5.69 Å². The molecule has 0 amide bonds. The number of imidazole rings is 1. The van der Waals surface area contributed by atoms with Crippen LogP contribution in [0.5, 0.6) is 0 Å². The number of nitrogens with one attached hydrogen (secondary N) is 1. The Morgan fingerprint density at radius 2 is 1.71 bits per heavy atom. The Bertz CT molecular complexity index is 356. The van der Waals surface area contributed by atoms with E-state index in [4.69, 9.17) is 5.73 Å². The third-order valence-electron chi connectivity index (χ3n) is 1.68. The molecule has 0 unspecified atom stereocenters. The van der Waals surface area contributed by atoms with Crippen LogP contribution in [0.25, 0.3) is 11.4 Å². The summed E-state index contributed by atoms with van der Waals surface area (Å²) in [6, 6.07) is 7.60. The van der Waals surface area contributed by atoms with Crippen molar-refractivity contribution in [3.05, 3.63) is 36.7 Å². The third kappa shape index (κ3) is 2.65. The molecule has 3 nitrogen and oxygen atoms in total. The minimum atomic E-state index is 0. The van der Waals surface area contributed by atoms with E-state index in [1.54, 1.807) is 12.4 Å². The summed E-state index contributed by atoms with van der Waals surface area (Å²) in [5.41, 5.74) is 7.37. The fourth-order valence-corrected chi connectivity index (χ4v) is 1.06. The Labute approximate surface area is 94.6 Å². The van der Waals surface area contributed by atoms with Crippen molar-refractivity contribution in [2.45, 2.75) is 0 Å². The molecule has 0 bridgehead atoms. The number of hydrogen-bond donors (Lipinski definition) is 2. The van der Waals surface area contributed by atoms with Crippen molar-refractivity contribution in [2.75, 3.05) is 5.73 Å². The second-order valence-corrected chi connectivity index (χ2v) is 2.56. The van der Waals surface area contributed by atoms with Crippen molar-refractivity contribution in [2.24, 2.45) is 0 Å². The van der Waals surface area contributed by atoms with Gasteiger partial charge in [-0.2, -0.15) is 0 Å². The predicted molar refractivity (Wildman–Crippen MR) is 62.9 cm³/mol. The van der Waals surface area contributed by atoms with Crippen molar-refractivity contribution in [1.29, 1.82) is 0 Å². The molecule has 0 fully saturated rings.